The van der Waals surface area contributed by atoms with Gasteiger partial charge in [-0.05, 0) is 25.0 Å². The quantitative estimate of drug-likeness (QED) is 0.782. The lowest BCUT2D eigenvalue weighted by atomic mass is 10.2. The largest absolute Gasteiger partial charge is 0.454 e. The summed E-state index contributed by atoms with van der Waals surface area (Å²) in [6, 6.07) is 6.79. The predicted molar refractivity (Wildman–Crippen MR) is 87.7 cm³/mol. The number of hydrogen-bond acceptors (Lipinski definition) is 5. The third kappa shape index (κ3) is 5.21. The Morgan fingerprint density at radius 2 is 2.12 bits per heavy atom. The van der Waals surface area contributed by atoms with Crippen LogP contribution in [0.25, 0.3) is 0 Å². The Balaban J connectivity index is 1.75. The molecule has 130 valence electrons. The van der Waals surface area contributed by atoms with Gasteiger partial charge in [0.2, 0.25) is 5.91 Å². The van der Waals surface area contributed by atoms with E-state index in [0.717, 1.165) is 6.42 Å². The zero-order valence-corrected chi connectivity index (χ0v) is 14.0. The lowest BCUT2D eigenvalue weighted by Gasteiger charge is -2.17. The Kier molecular flexibility index (Phi) is 6.57. The molecule has 2 amide bonds. The number of hydrogen-bond donors (Lipinski definition) is 1. The van der Waals surface area contributed by atoms with Crippen LogP contribution in [-0.4, -0.2) is 55.6 Å². The molecular formula is C16H19ClN2O5. The lowest BCUT2D eigenvalue weighted by molar-refractivity contribution is -0.159. The molecule has 1 N–H and O–H groups in total. The molecule has 0 unspecified atom stereocenters. The van der Waals surface area contributed by atoms with Gasteiger partial charge in [0.25, 0.3) is 5.91 Å². The number of esters is 1. The SMILES string of the molecule is CN(CC(=O)Nc1ccccc1Cl)C(=O)COC(=O)[C@@H]1CCCO1. The van der Waals surface area contributed by atoms with Crippen LogP contribution in [0.15, 0.2) is 24.3 Å². The number of amides is 2. The molecule has 1 heterocycles. The van der Waals surface area contributed by atoms with Gasteiger partial charge < -0.3 is 19.7 Å². The predicted octanol–water partition coefficient (Wildman–Crippen LogP) is 1.46. The van der Waals surface area contributed by atoms with E-state index in [1.165, 1.54) is 11.9 Å². The van der Waals surface area contributed by atoms with E-state index in [4.69, 9.17) is 21.1 Å². The average Bonchev–Trinajstić information content (AvgIpc) is 3.09. The molecule has 1 saturated heterocycles. The normalized spacial score (nSPS) is 16.5. The first-order chi connectivity index (χ1) is 11.5. The minimum absolute atomic E-state index is 0.179. The second-order valence-corrected chi connectivity index (χ2v) is 5.79. The lowest BCUT2D eigenvalue weighted by Crippen LogP contribution is -2.38. The van der Waals surface area contributed by atoms with Gasteiger partial charge in [-0.25, -0.2) is 4.79 Å². The molecule has 0 radical (unpaired) electrons. The molecule has 2 rings (SSSR count). The number of ether oxygens (including phenoxy) is 2. The third-order valence-corrected chi connectivity index (χ3v) is 3.81. The fourth-order valence-corrected chi connectivity index (χ4v) is 2.34. The van der Waals surface area contributed by atoms with Crippen LogP contribution in [0.4, 0.5) is 5.69 Å². The molecule has 0 aromatic heterocycles. The van der Waals surface area contributed by atoms with Gasteiger partial charge in [-0.2, -0.15) is 0 Å². The molecule has 0 spiro atoms. The van der Waals surface area contributed by atoms with E-state index in [9.17, 15) is 14.4 Å². The van der Waals surface area contributed by atoms with Gasteiger partial charge >= 0.3 is 5.97 Å². The van der Waals surface area contributed by atoms with E-state index in [-0.39, 0.29) is 6.54 Å². The van der Waals surface area contributed by atoms with Crippen molar-refractivity contribution in [2.45, 2.75) is 18.9 Å². The third-order valence-electron chi connectivity index (χ3n) is 3.48. The molecule has 1 fully saturated rings. The van der Waals surface area contributed by atoms with E-state index in [1.54, 1.807) is 24.3 Å². The summed E-state index contributed by atoms with van der Waals surface area (Å²) in [5.74, 6) is -1.42. The Bertz CT molecular complexity index is 616. The zero-order valence-electron chi connectivity index (χ0n) is 13.3. The number of nitrogens with zero attached hydrogens (tertiary/aromatic N) is 1. The van der Waals surface area contributed by atoms with Crippen molar-refractivity contribution in [2.75, 3.05) is 32.1 Å². The van der Waals surface area contributed by atoms with Crippen LogP contribution < -0.4 is 5.32 Å². The standard InChI is InChI=1S/C16H19ClN2O5/c1-19(9-14(20)18-12-6-3-2-5-11(12)17)15(21)10-24-16(22)13-7-4-8-23-13/h2-3,5-6,13H,4,7-10H2,1H3,(H,18,20)/t13-/m0/s1. The average molecular weight is 355 g/mol. The van der Waals surface area contributed by atoms with Crippen LogP contribution in [0.1, 0.15) is 12.8 Å². The van der Waals surface area contributed by atoms with Crippen molar-refractivity contribution in [1.29, 1.82) is 0 Å². The maximum Gasteiger partial charge on any atom is 0.335 e. The number of carbonyl (C=O) groups is 3. The van der Waals surface area contributed by atoms with Gasteiger partial charge in [-0.15, -0.1) is 0 Å². The number of likely N-dealkylation sites (N-methyl/N-ethyl adjacent to an activating group) is 1. The number of halogens is 1. The van der Waals surface area contributed by atoms with Gasteiger partial charge in [0.05, 0.1) is 17.3 Å². The van der Waals surface area contributed by atoms with Crippen LogP contribution in [0, 0.1) is 0 Å². The number of anilines is 1. The number of rotatable bonds is 6. The minimum atomic E-state index is -0.591. The molecule has 1 aromatic rings. The molecule has 7 nitrogen and oxygen atoms in total. The van der Waals surface area contributed by atoms with E-state index in [1.807, 2.05) is 0 Å². The molecule has 0 saturated carbocycles. The van der Waals surface area contributed by atoms with Crippen molar-refractivity contribution in [3.8, 4) is 0 Å². The fourth-order valence-electron chi connectivity index (χ4n) is 2.16. The van der Waals surface area contributed by atoms with Gasteiger partial charge in [-0.1, -0.05) is 23.7 Å². The van der Waals surface area contributed by atoms with Crippen molar-refractivity contribution in [3.05, 3.63) is 29.3 Å². The van der Waals surface area contributed by atoms with Crippen molar-refractivity contribution in [3.63, 3.8) is 0 Å². The number of para-hydroxylation sites is 1. The Morgan fingerprint density at radius 3 is 2.79 bits per heavy atom. The second-order valence-electron chi connectivity index (χ2n) is 5.39. The molecule has 0 bridgehead atoms. The fraction of sp³-hybridized carbons (Fsp3) is 0.438. The topological polar surface area (TPSA) is 84.9 Å². The van der Waals surface area contributed by atoms with Crippen molar-refractivity contribution in [2.24, 2.45) is 0 Å². The summed E-state index contributed by atoms with van der Waals surface area (Å²) in [5.41, 5.74) is 0.467. The Morgan fingerprint density at radius 1 is 1.38 bits per heavy atom. The van der Waals surface area contributed by atoms with E-state index in [0.29, 0.717) is 23.7 Å². The summed E-state index contributed by atoms with van der Waals surface area (Å²) >= 11 is 5.95. The molecule has 1 atom stereocenters. The second kappa shape index (κ2) is 8.65. The molecule has 1 aromatic carbocycles. The van der Waals surface area contributed by atoms with Crippen LogP contribution in [0.2, 0.25) is 5.02 Å². The molecule has 24 heavy (non-hydrogen) atoms. The van der Waals surface area contributed by atoms with Crippen molar-refractivity contribution in [1.82, 2.24) is 4.90 Å². The summed E-state index contributed by atoms with van der Waals surface area (Å²) in [6.45, 7) is -0.0774. The molecular weight excluding hydrogens is 336 g/mol. The van der Waals surface area contributed by atoms with E-state index < -0.39 is 30.5 Å². The molecule has 8 heteroatoms. The summed E-state index contributed by atoms with van der Waals surface area (Å²) in [5, 5.41) is 3.02. The number of carbonyl (C=O) groups excluding carboxylic acids is 3. The minimum Gasteiger partial charge on any atom is -0.454 e. The Labute approximate surface area is 144 Å². The van der Waals surface area contributed by atoms with Gasteiger partial charge in [-0.3, -0.25) is 9.59 Å². The van der Waals surface area contributed by atoms with Gasteiger partial charge in [0.1, 0.15) is 0 Å². The highest BCUT2D eigenvalue weighted by Gasteiger charge is 2.26. The number of nitrogens with one attached hydrogen (secondary N) is 1. The van der Waals surface area contributed by atoms with Crippen molar-refractivity contribution < 1.29 is 23.9 Å². The molecule has 0 aliphatic carbocycles. The highest BCUT2D eigenvalue weighted by atomic mass is 35.5. The summed E-state index contributed by atoms with van der Waals surface area (Å²) in [7, 11) is 1.45. The molecule has 1 aliphatic rings. The number of benzene rings is 1. The smallest absolute Gasteiger partial charge is 0.335 e. The van der Waals surface area contributed by atoms with Crippen LogP contribution in [0.5, 0.6) is 0 Å². The Hall–Kier alpha value is -2.12. The highest BCUT2D eigenvalue weighted by molar-refractivity contribution is 6.33. The van der Waals surface area contributed by atoms with Gasteiger partial charge in [0.15, 0.2) is 12.7 Å². The van der Waals surface area contributed by atoms with Gasteiger partial charge in [0, 0.05) is 13.7 Å². The monoisotopic (exact) mass is 354 g/mol. The summed E-state index contributed by atoms with van der Waals surface area (Å²) in [4.78, 5) is 36.7. The highest BCUT2D eigenvalue weighted by Crippen LogP contribution is 2.20. The first kappa shape index (κ1) is 18.2. The van der Waals surface area contributed by atoms with Crippen LogP contribution in [-0.2, 0) is 23.9 Å². The molecule has 1 aliphatic heterocycles. The van der Waals surface area contributed by atoms with E-state index in [2.05, 4.69) is 5.32 Å². The first-order valence-electron chi connectivity index (χ1n) is 7.54. The van der Waals surface area contributed by atoms with Crippen LogP contribution >= 0.6 is 11.6 Å². The summed E-state index contributed by atoms with van der Waals surface area (Å²) < 4.78 is 10.1. The van der Waals surface area contributed by atoms with Crippen molar-refractivity contribution >= 4 is 35.1 Å². The van der Waals surface area contributed by atoms with Crippen LogP contribution in [0.3, 0.4) is 0 Å². The first-order valence-corrected chi connectivity index (χ1v) is 7.91. The summed E-state index contributed by atoms with van der Waals surface area (Å²) in [6.07, 6.45) is 0.811. The zero-order chi connectivity index (χ0) is 17.5. The maximum absolute atomic E-state index is 11.9. The maximum atomic E-state index is 11.9. The van der Waals surface area contributed by atoms with E-state index >= 15 is 0 Å².